The number of benzene rings is 1. The molecule has 1 aromatic rings. The smallest absolute Gasteiger partial charge is 0.335 e. The van der Waals surface area contributed by atoms with E-state index in [0.29, 0.717) is 6.61 Å². The van der Waals surface area contributed by atoms with Gasteiger partial charge in [-0.15, -0.1) is 0 Å². The molecule has 6 nitrogen and oxygen atoms in total. The van der Waals surface area contributed by atoms with Crippen LogP contribution in [0.2, 0.25) is 5.02 Å². The van der Waals surface area contributed by atoms with Gasteiger partial charge < -0.3 is 20.5 Å². The lowest BCUT2D eigenvalue weighted by molar-refractivity contribution is 0.0157. The van der Waals surface area contributed by atoms with Crippen LogP contribution in [0.15, 0.2) is 18.2 Å². The van der Waals surface area contributed by atoms with Gasteiger partial charge in [0.1, 0.15) is 0 Å². The first kappa shape index (κ1) is 15.6. The number of rotatable bonds is 3. The number of nitrogens with one attached hydrogen (secondary N) is 2. The van der Waals surface area contributed by atoms with Crippen molar-refractivity contribution in [3.63, 3.8) is 0 Å². The summed E-state index contributed by atoms with van der Waals surface area (Å²) in [6, 6.07) is 3.79. The third-order valence-corrected chi connectivity index (χ3v) is 3.61. The lowest BCUT2D eigenvalue weighted by Gasteiger charge is -2.28. The zero-order chi connectivity index (χ0) is 15.4. The van der Waals surface area contributed by atoms with Crippen LogP contribution in [0, 0.1) is 0 Å². The molecular weight excluding hydrogens is 296 g/mol. The van der Waals surface area contributed by atoms with Gasteiger partial charge >= 0.3 is 12.0 Å². The normalized spacial score (nSPS) is 21.6. The van der Waals surface area contributed by atoms with Crippen LogP contribution in [-0.2, 0) is 4.74 Å². The standard InChI is InChI=1S/C14H17ClN2O4/c1-8-6-10(4-5-21-8)16-14(20)17-12-7-9(13(18)19)2-3-11(12)15/h2-3,7-8,10H,4-6H2,1H3,(H,18,19)(H2,16,17,20). The molecule has 2 amide bonds. The van der Waals surface area contributed by atoms with E-state index < -0.39 is 12.0 Å². The van der Waals surface area contributed by atoms with Crippen molar-refractivity contribution in [1.82, 2.24) is 5.32 Å². The molecule has 7 heteroatoms. The molecule has 1 saturated heterocycles. The first-order valence-corrected chi connectivity index (χ1v) is 7.05. The number of carbonyl (C=O) groups is 2. The van der Waals surface area contributed by atoms with Crippen molar-refractivity contribution in [1.29, 1.82) is 0 Å². The molecule has 1 aliphatic rings. The Morgan fingerprint density at radius 3 is 2.86 bits per heavy atom. The summed E-state index contributed by atoms with van der Waals surface area (Å²) < 4.78 is 5.41. The molecular formula is C14H17ClN2O4. The highest BCUT2D eigenvalue weighted by molar-refractivity contribution is 6.33. The number of carbonyl (C=O) groups excluding carboxylic acids is 1. The Labute approximate surface area is 127 Å². The van der Waals surface area contributed by atoms with Gasteiger partial charge in [-0.25, -0.2) is 9.59 Å². The van der Waals surface area contributed by atoms with Crippen LogP contribution in [0.25, 0.3) is 0 Å². The first-order chi connectivity index (χ1) is 9.95. The van der Waals surface area contributed by atoms with Crippen molar-refractivity contribution in [2.75, 3.05) is 11.9 Å². The van der Waals surface area contributed by atoms with Crippen molar-refractivity contribution in [3.05, 3.63) is 28.8 Å². The van der Waals surface area contributed by atoms with Gasteiger partial charge in [-0.2, -0.15) is 0 Å². The number of halogens is 1. The minimum absolute atomic E-state index is 0.0372. The molecule has 0 radical (unpaired) electrons. The third-order valence-electron chi connectivity index (χ3n) is 3.28. The second-order valence-corrected chi connectivity index (χ2v) is 5.41. The molecule has 1 heterocycles. The number of carboxylic acid groups (broad SMARTS) is 1. The highest BCUT2D eigenvalue weighted by Crippen LogP contribution is 2.23. The van der Waals surface area contributed by atoms with E-state index in [9.17, 15) is 9.59 Å². The summed E-state index contributed by atoms with van der Waals surface area (Å²) in [5.41, 5.74) is 0.337. The summed E-state index contributed by atoms with van der Waals surface area (Å²) in [7, 11) is 0. The van der Waals surface area contributed by atoms with Gasteiger partial charge in [-0.3, -0.25) is 0 Å². The van der Waals surface area contributed by atoms with Crippen LogP contribution in [0.3, 0.4) is 0 Å². The summed E-state index contributed by atoms with van der Waals surface area (Å²) in [5, 5.41) is 14.6. The van der Waals surface area contributed by atoms with Crippen molar-refractivity contribution >= 4 is 29.3 Å². The molecule has 2 unspecified atom stereocenters. The SMILES string of the molecule is CC1CC(NC(=O)Nc2cc(C(=O)O)ccc2Cl)CCO1. The first-order valence-electron chi connectivity index (χ1n) is 6.67. The van der Waals surface area contributed by atoms with Crippen molar-refractivity contribution in [3.8, 4) is 0 Å². The van der Waals surface area contributed by atoms with E-state index in [4.69, 9.17) is 21.4 Å². The maximum Gasteiger partial charge on any atom is 0.335 e. The van der Waals surface area contributed by atoms with E-state index in [2.05, 4.69) is 10.6 Å². The molecule has 3 N–H and O–H groups in total. The van der Waals surface area contributed by atoms with Gasteiger partial charge in [0.15, 0.2) is 0 Å². The van der Waals surface area contributed by atoms with Crippen LogP contribution in [0.5, 0.6) is 0 Å². The number of aromatic carboxylic acids is 1. The van der Waals surface area contributed by atoms with Crippen molar-refractivity contribution in [2.45, 2.75) is 31.9 Å². The monoisotopic (exact) mass is 312 g/mol. The van der Waals surface area contributed by atoms with Gasteiger partial charge in [0.25, 0.3) is 0 Å². The van der Waals surface area contributed by atoms with E-state index in [1.807, 2.05) is 6.92 Å². The van der Waals surface area contributed by atoms with E-state index in [1.54, 1.807) is 0 Å². The van der Waals surface area contributed by atoms with Crippen molar-refractivity contribution < 1.29 is 19.4 Å². The third kappa shape index (κ3) is 4.34. The minimum atomic E-state index is -1.08. The van der Waals surface area contributed by atoms with Crippen LogP contribution >= 0.6 is 11.6 Å². The largest absolute Gasteiger partial charge is 0.478 e. The Bertz CT molecular complexity index is 550. The van der Waals surface area contributed by atoms with Gasteiger partial charge in [-0.05, 0) is 38.0 Å². The number of carboxylic acids is 1. The minimum Gasteiger partial charge on any atom is -0.478 e. The van der Waals surface area contributed by atoms with E-state index in [1.165, 1.54) is 18.2 Å². The number of hydrogen-bond acceptors (Lipinski definition) is 3. The zero-order valence-electron chi connectivity index (χ0n) is 11.6. The van der Waals surface area contributed by atoms with Crippen LogP contribution in [0.4, 0.5) is 10.5 Å². The molecule has 21 heavy (non-hydrogen) atoms. The summed E-state index contributed by atoms with van der Waals surface area (Å²) in [6.45, 7) is 2.57. The average molecular weight is 313 g/mol. The average Bonchev–Trinajstić information content (AvgIpc) is 2.41. The highest BCUT2D eigenvalue weighted by atomic mass is 35.5. The Hall–Kier alpha value is -1.79. The van der Waals surface area contributed by atoms with E-state index >= 15 is 0 Å². The molecule has 114 valence electrons. The Morgan fingerprint density at radius 2 is 2.19 bits per heavy atom. The molecule has 1 fully saturated rings. The van der Waals surface area contributed by atoms with Crippen LogP contribution in [-0.4, -0.2) is 35.9 Å². The highest BCUT2D eigenvalue weighted by Gasteiger charge is 2.21. The molecule has 1 aliphatic heterocycles. The number of hydrogen-bond donors (Lipinski definition) is 3. The number of ether oxygens (including phenoxy) is 1. The Kier molecular flexibility index (Phi) is 5.03. The molecule has 2 atom stereocenters. The number of urea groups is 1. The fourth-order valence-corrected chi connectivity index (χ4v) is 2.39. The van der Waals surface area contributed by atoms with E-state index in [-0.39, 0.29) is 28.4 Å². The second kappa shape index (κ2) is 6.78. The lowest BCUT2D eigenvalue weighted by Crippen LogP contribution is -2.43. The van der Waals surface area contributed by atoms with Gasteiger partial charge in [0.2, 0.25) is 0 Å². The fraction of sp³-hybridized carbons (Fsp3) is 0.429. The molecule has 0 aliphatic carbocycles. The summed E-state index contributed by atoms with van der Waals surface area (Å²) in [5.74, 6) is -1.08. The summed E-state index contributed by atoms with van der Waals surface area (Å²) in [6.07, 6.45) is 1.61. The Morgan fingerprint density at radius 1 is 1.43 bits per heavy atom. The quantitative estimate of drug-likeness (QED) is 0.800. The molecule has 0 bridgehead atoms. The van der Waals surface area contributed by atoms with Gasteiger partial charge in [0, 0.05) is 12.6 Å². The molecule has 1 aromatic carbocycles. The maximum absolute atomic E-state index is 12.0. The summed E-state index contributed by atoms with van der Waals surface area (Å²) in [4.78, 5) is 22.9. The molecule has 0 aromatic heterocycles. The second-order valence-electron chi connectivity index (χ2n) is 5.00. The molecule has 2 rings (SSSR count). The summed E-state index contributed by atoms with van der Waals surface area (Å²) >= 11 is 5.96. The molecule has 0 saturated carbocycles. The predicted molar refractivity (Wildman–Crippen MR) is 79.0 cm³/mol. The predicted octanol–water partition coefficient (Wildman–Crippen LogP) is 2.73. The van der Waals surface area contributed by atoms with Gasteiger partial charge in [-0.1, -0.05) is 11.6 Å². The maximum atomic E-state index is 12.0. The molecule has 0 spiro atoms. The number of anilines is 1. The fourth-order valence-electron chi connectivity index (χ4n) is 2.23. The zero-order valence-corrected chi connectivity index (χ0v) is 12.3. The topological polar surface area (TPSA) is 87.7 Å². The Balaban J connectivity index is 1.99. The van der Waals surface area contributed by atoms with Crippen LogP contribution in [0.1, 0.15) is 30.1 Å². The van der Waals surface area contributed by atoms with Crippen LogP contribution < -0.4 is 10.6 Å². The number of amides is 2. The van der Waals surface area contributed by atoms with Gasteiger partial charge in [0.05, 0.1) is 22.4 Å². The van der Waals surface area contributed by atoms with Crippen molar-refractivity contribution in [2.24, 2.45) is 0 Å². The lowest BCUT2D eigenvalue weighted by atomic mass is 10.0. The van der Waals surface area contributed by atoms with E-state index in [0.717, 1.165) is 12.8 Å².